The van der Waals surface area contributed by atoms with Crippen LogP contribution < -0.4 is 10.5 Å². The van der Waals surface area contributed by atoms with Gasteiger partial charge in [0.05, 0.1) is 10.6 Å². The van der Waals surface area contributed by atoms with Crippen LogP contribution in [-0.2, 0) is 14.8 Å². The summed E-state index contributed by atoms with van der Waals surface area (Å²) < 4.78 is 35.7. The second-order valence-corrected chi connectivity index (χ2v) is 6.58. The summed E-state index contributed by atoms with van der Waals surface area (Å²) in [7, 11) is -3.76. The smallest absolute Gasteiger partial charge is 0.238 e. The molecule has 0 aromatic heterocycles. The Bertz CT molecular complexity index is 908. The molecule has 1 aliphatic rings. The highest BCUT2D eigenvalue weighted by Gasteiger charge is 2.29. The Hall–Kier alpha value is -2.58. The van der Waals surface area contributed by atoms with Crippen molar-refractivity contribution < 1.29 is 17.6 Å². The molecule has 118 valence electrons. The van der Waals surface area contributed by atoms with E-state index in [-0.39, 0.29) is 10.8 Å². The number of sulfonamides is 1. The lowest BCUT2D eigenvalue weighted by Gasteiger charge is -2.02. The van der Waals surface area contributed by atoms with Crippen LogP contribution in [0.1, 0.15) is 11.5 Å². The van der Waals surface area contributed by atoms with Gasteiger partial charge in [0.2, 0.25) is 15.9 Å². The molecular formula is C15H12FN3O3S. The van der Waals surface area contributed by atoms with Crippen molar-refractivity contribution in [2.75, 3.05) is 5.32 Å². The van der Waals surface area contributed by atoms with E-state index in [1.54, 1.807) is 0 Å². The first kappa shape index (κ1) is 15.3. The molecule has 0 fully saturated rings. The maximum atomic E-state index is 13.3. The summed E-state index contributed by atoms with van der Waals surface area (Å²) in [6.45, 7) is 0. The molecule has 1 unspecified atom stereocenters. The van der Waals surface area contributed by atoms with Crippen LogP contribution in [0.15, 0.2) is 52.4 Å². The normalized spacial score (nSPS) is 17.3. The van der Waals surface area contributed by atoms with Gasteiger partial charge in [0.1, 0.15) is 11.7 Å². The van der Waals surface area contributed by atoms with Crippen LogP contribution in [-0.4, -0.2) is 20.5 Å². The average molecular weight is 333 g/mol. The van der Waals surface area contributed by atoms with Crippen LogP contribution in [0.25, 0.3) is 0 Å². The van der Waals surface area contributed by atoms with Gasteiger partial charge in [-0.05, 0) is 48.0 Å². The fourth-order valence-electron chi connectivity index (χ4n) is 2.29. The van der Waals surface area contributed by atoms with Crippen LogP contribution in [0.2, 0.25) is 0 Å². The summed E-state index contributed by atoms with van der Waals surface area (Å²) in [5.74, 6) is -1.43. The summed E-state index contributed by atoms with van der Waals surface area (Å²) in [4.78, 5) is 16.0. The van der Waals surface area contributed by atoms with Crippen molar-refractivity contribution in [2.24, 2.45) is 10.1 Å². The molecule has 1 amide bonds. The second-order valence-electron chi connectivity index (χ2n) is 5.02. The van der Waals surface area contributed by atoms with Gasteiger partial charge in [-0.3, -0.25) is 9.79 Å². The van der Waals surface area contributed by atoms with Gasteiger partial charge in [-0.25, -0.2) is 17.9 Å². The van der Waals surface area contributed by atoms with Gasteiger partial charge in [0.15, 0.2) is 0 Å². The maximum Gasteiger partial charge on any atom is 0.238 e. The van der Waals surface area contributed by atoms with Crippen molar-refractivity contribution in [2.45, 2.75) is 10.8 Å². The molecule has 0 bridgehead atoms. The third-order valence-corrected chi connectivity index (χ3v) is 4.36. The number of nitrogens with one attached hydrogen (secondary N) is 1. The van der Waals surface area contributed by atoms with E-state index in [0.29, 0.717) is 16.9 Å². The lowest BCUT2D eigenvalue weighted by molar-refractivity contribution is -0.115. The van der Waals surface area contributed by atoms with Gasteiger partial charge in [0, 0.05) is 11.9 Å². The van der Waals surface area contributed by atoms with E-state index < -0.39 is 21.8 Å². The highest BCUT2D eigenvalue weighted by molar-refractivity contribution is 7.89. The first-order valence-corrected chi connectivity index (χ1v) is 8.16. The zero-order valence-electron chi connectivity index (χ0n) is 11.7. The number of carbonyl (C=O) groups is 1. The van der Waals surface area contributed by atoms with Crippen LogP contribution in [0, 0.1) is 5.82 Å². The first-order valence-electron chi connectivity index (χ1n) is 6.62. The zero-order valence-corrected chi connectivity index (χ0v) is 12.5. The van der Waals surface area contributed by atoms with Crippen molar-refractivity contribution in [1.82, 2.24) is 0 Å². The van der Waals surface area contributed by atoms with Crippen molar-refractivity contribution >= 4 is 33.5 Å². The number of carbonyl (C=O) groups excluding carboxylic acids is 1. The number of benzene rings is 2. The number of aliphatic imine (C=N–C) groups is 1. The Balaban J connectivity index is 1.86. The highest BCUT2D eigenvalue weighted by atomic mass is 32.2. The van der Waals surface area contributed by atoms with Crippen molar-refractivity contribution in [3.63, 3.8) is 0 Å². The van der Waals surface area contributed by atoms with Gasteiger partial charge < -0.3 is 5.32 Å². The van der Waals surface area contributed by atoms with E-state index in [1.165, 1.54) is 48.7 Å². The van der Waals surface area contributed by atoms with E-state index in [4.69, 9.17) is 5.14 Å². The van der Waals surface area contributed by atoms with Gasteiger partial charge in [-0.1, -0.05) is 0 Å². The Labute approximate surface area is 131 Å². The number of nitrogens with zero attached hydrogens (tertiary/aromatic N) is 1. The molecular weight excluding hydrogens is 321 g/mol. The van der Waals surface area contributed by atoms with Gasteiger partial charge >= 0.3 is 0 Å². The molecule has 2 aromatic carbocycles. The molecule has 0 spiro atoms. The Morgan fingerprint density at radius 2 is 1.87 bits per heavy atom. The lowest BCUT2D eigenvalue weighted by atomic mass is 10.0. The minimum absolute atomic E-state index is 0.0255. The predicted molar refractivity (Wildman–Crippen MR) is 83.7 cm³/mol. The van der Waals surface area contributed by atoms with Crippen LogP contribution >= 0.6 is 0 Å². The number of nitrogens with two attached hydrogens (primary N) is 1. The SMILES string of the molecule is NS(=O)(=O)c1ccc(N=CC2C(=O)Nc3ccc(F)cc32)cc1. The van der Waals surface area contributed by atoms with E-state index in [1.807, 2.05) is 0 Å². The van der Waals surface area contributed by atoms with Gasteiger partial charge in [-0.2, -0.15) is 0 Å². The third kappa shape index (κ3) is 3.13. The molecule has 6 nitrogen and oxygen atoms in total. The molecule has 23 heavy (non-hydrogen) atoms. The third-order valence-electron chi connectivity index (χ3n) is 3.43. The topological polar surface area (TPSA) is 102 Å². The summed E-state index contributed by atoms with van der Waals surface area (Å²) >= 11 is 0. The highest BCUT2D eigenvalue weighted by Crippen LogP contribution is 2.32. The quantitative estimate of drug-likeness (QED) is 0.839. The largest absolute Gasteiger partial charge is 0.325 e. The number of hydrogen-bond acceptors (Lipinski definition) is 4. The number of anilines is 1. The van der Waals surface area contributed by atoms with E-state index >= 15 is 0 Å². The van der Waals surface area contributed by atoms with Gasteiger partial charge in [-0.15, -0.1) is 0 Å². The number of halogens is 1. The van der Waals surface area contributed by atoms with E-state index in [9.17, 15) is 17.6 Å². The maximum absolute atomic E-state index is 13.3. The number of rotatable bonds is 3. The second kappa shape index (κ2) is 5.56. The molecule has 0 aliphatic carbocycles. The number of primary sulfonamides is 1. The van der Waals surface area contributed by atoms with Crippen LogP contribution in [0.5, 0.6) is 0 Å². The molecule has 3 rings (SSSR count). The lowest BCUT2D eigenvalue weighted by Crippen LogP contribution is -2.13. The monoisotopic (exact) mass is 333 g/mol. The Kier molecular flexibility index (Phi) is 3.70. The number of fused-ring (bicyclic) bond motifs is 1. The van der Waals surface area contributed by atoms with Crippen molar-refractivity contribution in [3.05, 3.63) is 53.8 Å². The fourth-order valence-corrected chi connectivity index (χ4v) is 2.80. The molecule has 0 radical (unpaired) electrons. The number of amides is 1. The molecule has 2 aromatic rings. The molecule has 1 aliphatic heterocycles. The molecule has 0 saturated heterocycles. The zero-order chi connectivity index (χ0) is 16.6. The number of hydrogen-bond donors (Lipinski definition) is 2. The summed E-state index contributed by atoms with van der Waals surface area (Å²) in [5.41, 5.74) is 1.52. The molecule has 1 atom stereocenters. The van der Waals surface area contributed by atoms with E-state index in [0.717, 1.165) is 0 Å². The minimum Gasteiger partial charge on any atom is -0.325 e. The molecule has 3 N–H and O–H groups in total. The summed E-state index contributed by atoms with van der Waals surface area (Å²) in [6, 6.07) is 9.63. The fraction of sp³-hybridized carbons (Fsp3) is 0.0667. The standard InChI is InChI=1S/C15H12FN3O3S/c16-9-1-6-14-12(7-9)13(15(20)19-14)8-18-10-2-4-11(5-3-10)23(17,21)22/h1-8,13H,(H,19,20)(H2,17,21,22). The first-order chi connectivity index (χ1) is 10.8. The average Bonchev–Trinajstić information content (AvgIpc) is 2.79. The van der Waals surface area contributed by atoms with Crippen molar-refractivity contribution in [3.8, 4) is 0 Å². The Morgan fingerprint density at radius 3 is 2.52 bits per heavy atom. The van der Waals surface area contributed by atoms with Gasteiger partial charge in [0.25, 0.3) is 0 Å². The molecule has 1 heterocycles. The molecule has 0 saturated carbocycles. The minimum atomic E-state index is -3.76. The predicted octanol–water partition coefficient (Wildman–Crippen LogP) is 1.91. The van der Waals surface area contributed by atoms with Crippen LogP contribution in [0.3, 0.4) is 0 Å². The molecule has 8 heteroatoms. The summed E-state index contributed by atoms with van der Waals surface area (Å²) in [6.07, 6.45) is 1.40. The Morgan fingerprint density at radius 1 is 1.17 bits per heavy atom. The van der Waals surface area contributed by atoms with E-state index in [2.05, 4.69) is 10.3 Å². The van der Waals surface area contributed by atoms with Crippen molar-refractivity contribution in [1.29, 1.82) is 0 Å². The summed E-state index contributed by atoms with van der Waals surface area (Å²) in [5, 5.41) is 7.66. The van der Waals surface area contributed by atoms with Crippen LogP contribution in [0.4, 0.5) is 15.8 Å².